The second-order valence-corrected chi connectivity index (χ2v) is 4.06. The second kappa shape index (κ2) is 5.27. The Bertz CT molecular complexity index is 326. The van der Waals surface area contributed by atoms with Crippen LogP contribution >= 0.6 is 0 Å². The Kier molecular flexibility index (Phi) is 3.74. The van der Waals surface area contributed by atoms with Crippen LogP contribution in [-0.4, -0.2) is 30.8 Å². The monoisotopic (exact) mass is 221 g/mol. The molecule has 1 aromatic heterocycles. The smallest absolute Gasteiger partial charge is 0.128 e. The molecule has 2 heterocycles. The molecule has 0 saturated carbocycles. The maximum absolute atomic E-state index is 5.56. The van der Waals surface area contributed by atoms with Crippen molar-refractivity contribution in [3.8, 4) is 0 Å². The van der Waals surface area contributed by atoms with Gasteiger partial charge in [-0.25, -0.2) is 4.98 Å². The van der Waals surface area contributed by atoms with Crippen LogP contribution in [0.2, 0.25) is 0 Å². The van der Waals surface area contributed by atoms with Crippen molar-refractivity contribution in [1.82, 2.24) is 4.98 Å². The Morgan fingerprint density at radius 1 is 1.56 bits per heavy atom. The summed E-state index contributed by atoms with van der Waals surface area (Å²) >= 11 is 0. The number of hydrogen-bond donors (Lipinski definition) is 1. The molecular formula is C12H19N3O. The third-order valence-electron chi connectivity index (χ3n) is 3.04. The van der Waals surface area contributed by atoms with Crippen LogP contribution in [0.15, 0.2) is 18.3 Å². The van der Waals surface area contributed by atoms with Gasteiger partial charge in [-0.1, -0.05) is 13.0 Å². The molecule has 0 aromatic carbocycles. The number of anilines is 1. The number of ether oxygens (including phenoxy) is 1. The molecule has 0 bridgehead atoms. The van der Waals surface area contributed by atoms with Crippen LogP contribution in [0.5, 0.6) is 0 Å². The van der Waals surface area contributed by atoms with Crippen LogP contribution in [0.25, 0.3) is 0 Å². The maximum Gasteiger partial charge on any atom is 0.128 e. The van der Waals surface area contributed by atoms with Crippen molar-refractivity contribution < 1.29 is 4.74 Å². The number of rotatable bonds is 3. The summed E-state index contributed by atoms with van der Waals surface area (Å²) in [6.45, 7) is 5.25. The van der Waals surface area contributed by atoms with Crippen LogP contribution in [0.1, 0.15) is 18.9 Å². The van der Waals surface area contributed by atoms with Gasteiger partial charge in [0.25, 0.3) is 0 Å². The predicted molar refractivity (Wildman–Crippen MR) is 64.4 cm³/mol. The summed E-state index contributed by atoms with van der Waals surface area (Å²) in [4.78, 5) is 6.78. The lowest BCUT2D eigenvalue weighted by Gasteiger charge is -2.36. The SMILES string of the molecule is CCC1COCCN1c1ccc(CN)cn1. The highest BCUT2D eigenvalue weighted by atomic mass is 16.5. The van der Waals surface area contributed by atoms with Crippen molar-refractivity contribution >= 4 is 5.82 Å². The number of aromatic nitrogens is 1. The van der Waals surface area contributed by atoms with E-state index in [9.17, 15) is 0 Å². The van der Waals surface area contributed by atoms with E-state index in [1.165, 1.54) is 0 Å². The molecule has 0 amide bonds. The molecule has 4 heteroatoms. The minimum atomic E-state index is 0.449. The molecule has 1 aliphatic heterocycles. The molecule has 1 fully saturated rings. The van der Waals surface area contributed by atoms with Gasteiger partial charge in [0.2, 0.25) is 0 Å². The highest BCUT2D eigenvalue weighted by Gasteiger charge is 2.22. The van der Waals surface area contributed by atoms with Gasteiger partial charge in [-0.15, -0.1) is 0 Å². The van der Waals surface area contributed by atoms with Gasteiger partial charge in [0, 0.05) is 19.3 Å². The molecular weight excluding hydrogens is 202 g/mol. The van der Waals surface area contributed by atoms with Crippen LogP contribution in [-0.2, 0) is 11.3 Å². The van der Waals surface area contributed by atoms with Gasteiger partial charge in [0.15, 0.2) is 0 Å². The zero-order chi connectivity index (χ0) is 11.4. The highest BCUT2D eigenvalue weighted by molar-refractivity contribution is 5.41. The summed E-state index contributed by atoms with van der Waals surface area (Å²) < 4.78 is 5.48. The molecule has 4 nitrogen and oxygen atoms in total. The van der Waals surface area contributed by atoms with Gasteiger partial charge in [0.05, 0.1) is 19.3 Å². The number of hydrogen-bond acceptors (Lipinski definition) is 4. The standard InChI is InChI=1S/C12H19N3O/c1-2-11-9-16-6-5-15(11)12-4-3-10(7-13)8-14-12/h3-4,8,11H,2,5-7,9,13H2,1H3. The fraction of sp³-hybridized carbons (Fsp3) is 0.583. The normalized spacial score (nSPS) is 21.1. The Hall–Kier alpha value is -1.13. The van der Waals surface area contributed by atoms with Gasteiger partial charge in [-0.05, 0) is 18.1 Å². The van der Waals surface area contributed by atoms with Gasteiger partial charge in [-0.2, -0.15) is 0 Å². The van der Waals surface area contributed by atoms with E-state index < -0.39 is 0 Å². The Labute approximate surface area is 96.4 Å². The second-order valence-electron chi connectivity index (χ2n) is 4.06. The van der Waals surface area contributed by atoms with Gasteiger partial charge < -0.3 is 15.4 Å². The maximum atomic E-state index is 5.56. The Balaban J connectivity index is 2.14. The molecule has 0 aliphatic carbocycles. The molecule has 1 aromatic rings. The van der Waals surface area contributed by atoms with Crippen LogP contribution in [0, 0.1) is 0 Å². The number of nitrogens with two attached hydrogens (primary N) is 1. The third-order valence-corrected chi connectivity index (χ3v) is 3.04. The number of nitrogens with zero attached hydrogens (tertiary/aromatic N) is 2. The molecule has 1 atom stereocenters. The third kappa shape index (κ3) is 2.33. The molecule has 2 rings (SSSR count). The minimum Gasteiger partial charge on any atom is -0.377 e. The van der Waals surface area contributed by atoms with E-state index in [0.29, 0.717) is 12.6 Å². The first-order valence-corrected chi connectivity index (χ1v) is 5.84. The fourth-order valence-electron chi connectivity index (χ4n) is 2.00. The predicted octanol–water partition coefficient (Wildman–Crippen LogP) is 1.16. The van der Waals surface area contributed by atoms with Crippen molar-refractivity contribution in [3.05, 3.63) is 23.9 Å². The van der Waals surface area contributed by atoms with E-state index in [4.69, 9.17) is 10.5 Å². The zero-order valence-electron chi connectivity index (χ0n) is 9.72. The van der Waals surface area contributed by atoms with Crippen LogP contribution < -0.4 is 10.6 Å². The van der Waals surface area contributed by atoms with E-state index >= 15 is 0 Å². The Morgan fingerprint density at radius 3 is 3.06 bits per heavy atom. The number of morpholine rings is 1. The summed E-state index contributed by atoms with van der Waals surface area (Å²) in [6, 6.07) is 4.55. The average Bonchev–Trinajstić information content (AvgIpc) is 2.39. The quantitative estimate of drug-likeness (QED) is 0.832. The molecule has 1 saturated heterocycles. The first kappa shape index (κ1) is 11.4. The van der Waals surface area contributed by atoms with E-state index in [2.05, 4.69) is 22.9 Å². The first-order valence-electron chi connectivity index (χ1n) is 5.84. The molecule has 88 valence electrons. The van der Waals surface area contributed by atoms with Gasteiger partial charge >= 0.3 is 0 Å². The molecule has 2 N–H and O–H groups in total. The summed E-state index contributed by atoms with van der Waals surface area (Å²) in [5, 5.41) is 0. The lowest BCUT2D eigenvalue weighted by atomic mass is 10.1. The minimum absolute atomic E-state index is 0.449. The first-order chi connectivity index (χ1) is 7.85. The van der Waals surface area contributed by atoms with Gasteiger partial charge in [-0.3, -0.25) is 0 Å². The summed E-state index contributed by atoms with van der Waals surface area (Å²) in [7, 11) is 0. The van der Waals surface area contributed by atoms with E-state index in [-0.39, 0.29) is 0 Å². The highest BCUT2D eigenvalue weighted by Crippen LogP contribution is 2.19. The molecule has 0 radical (unpaired) electrons. The van der Waals surface area contributed by atoms with E-state index in [0.717, 1.165) is 37.6 Å². The van der Waals surface area contributed by atoms with E-state index in [1.54, 1.807) is 0 Å². The Morgan fingerprint density at radius 2 is 2.44 bits per heavy atom. The van der Waals surface area contributed by atoms with Crippen molar-refractivity contribution in [3.63, 3.8) is 0 Å². The van der Waals surface area contributed by atoms with Crippen molar-refractivity contribution in [2.24, 2.45) is 5.73 Å². The summed E-state index contributed by atoms with van der Waals surface area (Å²) in [5.41, 5.74) is 6.63. The topological polar surface area (TPSA) is 51.4 Å². The zero-order valence-corrected chi connectivity index (χ0v) is 9.72. The molecule has 16 heavy (non-hydrogen) atoms. The lowest BCUT2D eigenvalue weighted by molar-refractivity contribution is 0.0926. The number of pyridine rings is 1. The molecule has 1 aliphatic rings. The van der Waals surface area contributed by atoms with Crippen molar-refractivity contribution in [1.29, 1.82) is 0 Å². The summed E-state index contributed by atoms with van der Waals surface area (Å²) in [6.07, 6.45) is 2.94. The van der Waals surface area contributed by atoms with Crippen LogP contribution in [0.4, 0.5) is 5.82 Å². The van der Waals surface area contributed by atoms with Crippen LogP contribution in [0.3, 0.4) is 0 Å². The molecule has 0 spiro atoms. The van der Waals surface area contributed by atoms with Gasteiger partial charge in [0.1, 0.15) is 5.82 Å². The largest absolute Gasteiger partial charge is 0.377 e. The average molecular weight is 221 g/mol. The van der Waals surface area contributed by atoms with Crippen molar-refractivity contribution in [2.75, 3.05) is 24.7 Å². The lowest BCUT2D eigenvalue weighted by Crippen LogP contribution is -2.45. The summed E-state index contributed by atoms with van der Waals surface area (Å²) in [5.74, 6) is 1.03. The molecule has 1 unspecified atom stereocenters. The van der Waals surface area contributed by atoms with Crippen molar-refractivity contribution in [2.45, 2.75) is 25.9 Å². The van der Waals surface area contributed by atoms with E-state index in [1.807, 2.05) is 12.3 Å². The fourth-order valence-corrected chi connectivity index (χ4v) is 2.00.